The lowest BCUT2D eigenvalue weighted by molar-refractivity contribution is -0.116. The molecule has 1 fully saturated rings. The number of thiazole rings is 1. The van der Waals surface area contributed by atoms with Gasteiger partial charge in [-0.25, -0.2) is 0 Å². The molecule has 3 aromatic rings. The fraction of sp³-hybridized carbons (Fsp3) is 0.208. The van der Waals surface area contributed by atoms with Crippen LogP contribution in [-0.2, 0) is 16.1 Å². The van der Waals surface area contributed by atoms with Gasteiger partial charge in [0.25, 0.3) is 0 Å². The first-order chi connectivity index (χ1) is 16.5. The lowest BCUT2D eigenvalue weighted by Crippen LogP contribution is -2.36. The van der Waals surface area contributed by atoms with Crippen molar-refractivity contribution in [2.75, 3.05) is 36.5 Å². The molecule has 2 aromatic carbocycles. The fourth-order valence-corrected chi connectivity index (χ4v) is 5.08. The van der Waals surface area contributed by atoms with Gasteiger partial charge in [-0.05, 0) is 48.5 Å². The average molecular weight is 541 g/mol. The number of nitrogens with one attached hydrogen (secondary N) is 1. The zero-order valence-electron chi connectivity index (χ0n) is 18.0. The summed E-state index contributed by atoms with van der Waals surface area (Å²) in [6.45, 7) is 2.78. The van der Waals surface area contributed by atoms with Crippen LogP contribution < -0.4 is 15.1 Å². The van der Waals surface area contributed by atoms with Crippen LogP contribution in [-0.4, -0.2) is 48.1 Å². The SMILES string of the molecule is O=C(Cn1c(O)c(/C=C2\C=Nc3ccc(Br)cc32)sc1=O)Nc1ccc(N2CCOCC2)cc1. The molecule has 2 N–H and O–H groups in total. The molecule has 10 heteroatoms. The molecule has 1 amide bonds. The van der Waals surface area contributed by atoms with Gasteiger partial charge in [0, 0.05) is 46.3 Å². The fourth-order valence-electron chi connectivity index (χ4n) is 3.89. The summed E-state index contributed by atoms with van der Waals surface area (Å²) in [5, 5.41) is 13.4. The van der Waals surface area contributed by atoms with Crippen molar-refractivity contribution in [2.45, 2.75) is 6.54 Å². The number of halogens is 1. The first-order valence-corrected chi connectivity index (χ1v) is 12.3. The number of fused-ring (bicyclic) bond motifs is 1. The highest BCUT2D eigenvalue weighted by Crippen LogP contribution is 2.36. The number of aromatic nitrogens is 1. The molecule has 3 heterocycles. The van der Waals surface area contributed by atoms with E-state index >= 15 is 0 Å². The van der Waals surface area contributed by atoms with E-state index in [4.69, 9.17) is 4.74 Å². The zero-order valence-corrected chi connectivity index (χ0v) is 20.4. The smallest absolute Gasteiger partial charge is 0.311 e. The Hall–Kier alpha value is -3.21. The van der Waals surface area contributed by atoms with Gasteiger partial charge in [-0.2, -0.15) is 0 Å². The highest BCUT2D eigenvalue weighted by molar-refractivity contribution is 9.10. The van der Waals surface area contributed by atoms with Gasteiger partial charge < -0.3 is 20.1 Å². The van der Waals surface area contributed by atoms with E-state index in [1.807, 2.05) is 42.5 Å². The number of nitrogens with zero attached hydrogens (tertiary/aromatic N) is 3. The molecule has 0 atom stereocenters. The summed E-state index contributed by atoms with van der Waals surface area (Å²) in [5.41, 5.74) is 4.19. The number of anilines is 2. The van der Waals surface area contributed by atoms with Gasteiger partial charge in [-0.15, -0.1) is 0 Å². The van der Waals surface area contributed by atoms with E-state index in [1.54, 1.807) is 12.3 Å². The lowest BCUT2D eigenvalue weighted by atomic mass is 10.1. The summed E-state index contributed by atoms with van der Waals surface area (Å²) in [4.78, 5) is 31.6. The topological polar surface area (TPSA) is 96.2 Å². The van der Waals surface area contributed by atoms with Crippen molar-refractivity contribution < 1.29 is 14.6 Å². The van der Waals surface area contributed by atoms with Crippen LogP contribution in [0.25, 0.3) is 11.6 Å². The van der Waals surface area contributed by atoms with Crippen molar-refractivity contribution in [3.63, 3.8) is 0 Å². The Bertz CT molecular complexity index is 1350. The molecule has 5 rings (SSSR count). The second-order valence-corrected chi connectivity index (χ2v) is 9.76. The maximum absolute atomic E-state index is 12.6. The first kappa shape index (κ1) is 22.6. The molecule has 0 spiro atoms. The van der Waals surface area contributed by atoms with Gasteiger partial charge in [0.1, 0.15) is 6.54 Å². The van der Waals surface area contributed by atoms with E-state index in [-0.39, 0.29) is 12.4 Å². The normalized spacial score (nSPS) is 16.1. The van der Waals surface area contributed by atoms with Crippen molar-refractivity contribution in [2.24, 2.45) is 4.99 Å². The van der Waals surface area contributed by atoms with Crippen LogP contribution in [0.1, 0.15) is 10.4 Å². The Labute approximate surface area is 208 Å². The van der Waals surface area contributed by atoms with Gasteiger partial charge in [-0.3, -0.25) is 19.1 Å². The highest BCUT2D eigenvalue weighted by atomic mass is 79.9. The zero-order chi connectivity index (χ0) is 23.7. The Balaban J connectivity index is 1.28. The number of ether oxygens (including phenoxy) is 1. The highest BCUT2D eigenvalue weighted by Gasteiger charge is 2.19. The monoisotopic (exact) mass is 540 g/mol. The minimum atomic E-state index is -0.411. The summed E-state index contributed by atoms with van der Waals surface area (Å²) in [5.74, 6) is -0.637. The number of rotatable bonds is 5. The Morgan fingerprint density at radius 1 is 1.21 bits per heavy atom. The quantitative estimate of drug-likeness (QED) is 0.507. The number of hydrogen-bond donors (Lipinski definition) is 2. The van der Waals surface area contributed by atoms with E-state index in [2.05, 4.69) is 31.1 Å². The van der Waals surface area contributed by atoms with Crippen LogP contribution in [0.4, 0.5) is 17.1 Å². The van der Waals surface area contributed by atoms with Crippen LogP contribution >= 0.6 is 27.3 Å². The number of carbonyl (C=O) groups excluding carboxylic acids is 1. The molecule has 174 valence electrons. The molecule has 8 nitrogen and oxygen atoms in total. The number of benzene rings is 2. The van der Waals surface area contributed by atoms with E-state index in [0.29, 0.717) is 23.8 Å². The van der Waals surface area contributed by atoms with Crippen molar-refractivity contribution in [3.8, 4) is 5.88 Å². The van der Waals surface area contributed by atoms with E-state index in [9.17, 15) is 14.7 Å². The third-order valence-electron chi connectivity index (χ3n) is 5.62. The second-order valence-electron chi connectivity index (χ2n) is 7.86. The number of amides is 1. The largest absolute Gasteiger partial charge is 0.493 e. The molecule has 34 heavy (non-hydrogen) atoms. The Kier molecular flexibility index (Phi) is 6.36. The summed E-state index contributed by atoms with van der Waals surface area (Å²) in [6.07, 6.45) is 3.40. The molecule has 0 unspecified atom stereocenters. The number of hydrogen-bond acceptors (Lipinski definition) is 7. The maximum Gasteiger partial charge on any atom is 0.311 e. The standard InChI is InChI=1S/C24H21BrN4O4S/c25-16-1-6-20-19(12-16)15(13-26-20)11-21-23(31)29(24(32)34-21)14-22(30)27-17-2-4-18(5-3-17)28-7-9-33-10-8-28/h1-6,11-13,31H,7-10,14H2,(H,27,30)/b15-11+. The molecule has 0 radical (unpaired) electrons. The van der Waals surface area contributed by atoms with Gasteiger partial charge in [0.05, 0.1) is 23.8 Å². The average Bonchev–Trinajstić information content (AvgIpc) is 3.35. The number of carbonyl (C=O) groups is 1. The molecular weight excluding hydrogens is 520 g/mol. The maximum atomic E-state index is 12.6. The van der Waals surface area contributed by atoms with Gasteiger partial charge in [0.15, 0.2) is 0 Å². The molecule has 0 saturated carbocycles. The number of aliphatic imine (C=N–C) groups is 1. The minimum absolute atomic E-state index is 0.239. The number of morpholine rings is 1. The predicted molar refractivity (Wildman–Crippen MR) is 139 cm³/mol. The molecular formula is C24H21BrN4O4S. The number of aromatic hydroxyl groups is 1. The molecule has 1 saturated heterocycles. The molecule has 2 aliphatic rings. The van der Waals surface area contributed by atoms with Gasteiger partial charge in [0.2, 0.25) is 11.8 Å². The molecule has 0 bridgehead atoms. The Morgan fingerprint density at radius 2 is 1.97 bits per heavy atom. The van der Waals surface area contributed by atoms with E-state index in [1.165, 1.54) is 0 Å². The van der Waals surface area contributed by atoms with Crippen LogP contribution in [0.2, 0.25) is 0 Å². The number of allylic oxidation sites excluding steroid dienone is 1. The lowest BCUT2D eigenvalue weighted by Gasteiger charge is -2.28. The summed E-state index contributed by atoms with van der Waals surface area (Å²) in [7, 11) is 0. The second kappa shape index (κ2) is 9.57. The first-order valence-electron chi connectivity index (χ1n) is 10.7. The van der Waals surface area contributed by atoms with Crippen LogP contribution in [0.15, 0.2) is 56.7 Å². The van der Waals surface area contributed by atoms with Crippen LogP contribution in [0.3, 0.4) is 0 Å². The van der Waals surface area contributed by atoms with Crippen molar-refractivity contribution >= 4 is 68.1 Å². The van der Waals surface area contributed by atoms with Gasteiger partial charge >= 0.3 is 4.87 Å². The summed E-state index contributed by atoms with van der Waals surface area (Å²) >= 11 is 4.34. The third-order valence-corrected chi connectivity index (χ3v) is 7.03. The van der Waals surface area contributed by atoms with Crippen molar-refractivity contribution in [1.82, 2.24) is 4.57 Å². The summed E-state index contributed by atoms with van der Waals surface area (Å²) < 4.78 is 7.36. The Morgan fingerprint density at radius 3 is 2.74 bits per heavy atom. The predicted octanol–water partition coefficient (Wildman–Crippen LogP) is 4.11. The van der Waals surface area contributed by atoms with Crippen molar-refractivity contribution in [3.05, 3.63) is 67.0 Å². The molecule has 2 aliphatic heterocycles. The third kappa shape index (κ3) is 4.70. The molecule has 0 aliphatic carbocycles. The molecule has 1 aromatic heterocycles. The minimum Gasteiger partial charge on any atom is -0.493 e. The summed E-state index contributed by atoms with van der Waals surface area (Å²) in [6, 6.07) is 13.3. The van der Waals surface area contributed by atoms with Gasteiger partial charge in [-0.1, -0.05) is 27.3 Å². The van der Waals surface area contributed by atoms with E-state index < -0.39 is 10.8 Å². The van der Waals surface area contributed by atoms with Crippen LogP contribution in [0, 0.1) is 0 Å². The van der Waals surface area contributed by atoms with E-state index in [0.717, 1.165) is 56.0 Å². The van der Waals surface area contributed by atoms with Crippen molar-refractivity contribution in [1.29, 1.82) is 0 Å². The van der Waals surface area contributed by atoms with Crippen LogP contribution in [0.5, 0.6) is 5.88 Å².